The molecule has 1 unspecified atom stereocenters. The average molecular weight is 338 g/mol. The van der Waals surface area contributed by atoms with Crippen molar-refractivity contribution in [2.45, 2.75) is 32.9 Å². The molecule has 1 heterocycles. The van der Waals surface area contributed by atoms with E-state index in [4.69, 9.17) is 10.5 Å². The largest absolute Gasteiger partial charge is 0.494 e. The number of nitrogens with zero attached hydrogens (tertiary/aromatic N) is 2. The fourth-order valence-corrected chi connectivity index (χ4v) is 2.71. The summed E-state index contributed by atoms with van der Waals surface area (Å²) in [4.78, 5) is 0. The lowest BCUT2D eigenvalue weighted by molar-refractivity contribution is 0.340. The van der Waals surface area contributed by atoms with Crippen molar-refractivity contribution in [3.05, 3.63) is 46.2 Å². The van der Waals surface area contributed by atoms with Gasteiger partial charge in [0.05, 0.1) is 29.0 Å². The van der Waals surface area contributed by atoms with E-state index in [9.17, 15) is 0 Å². The Balaban J connectivity index is 2.26. The summed E-state index contributed by atoms with van der Waals surface area (Å²) in [6.07, 6.45) is 2.83. The highest BCUT2D eigenvalue weighted by atomic mass is 79.9. The Morgan fingerprint density at radius 1 is 1.30 bits per heavy atom. The monoisotopic (exact) mass is 337 g/mol. The van der Waals surface area contributed by atoms with Crippen LogP contribution < -0.4 is 10.5 Å². The van der Waals surface area contributed by atoms with Crippen LogP contribution in [0.1, 0.15) is 37.6 Å². The number of ether oxygens (including phenoxy) is 1. The van der Waals surface area contributed by atoms with Gasteiger partial charge in [-0.25, -0.2) is 0 Å². The molecule has 0 amide bonds. The summed E-state index contributed by atoms with van der Waals surface area (Å²) in [5, 5.41) is 4.36. The van der Waals surface area contributed by atoms with Crippen LogP contribution in [-0.2, 0) is 6.54 Å². The summed E-state index contributed by atoms with van der Waals surface area (Å²) in [5.41, 5.74) is 8.44. The van der Waals surface area contributed by atoms with Crippen LogP contribution in [0.25, 0.3) is 0 Å². The van der Waals surface area contributed by atoms with Gasteiger partial charge < -0.3 is 10.5 Å². The van der Waals surface area contributed by atoms with E-state index in [0.717, 1.165) is 34.4 Å². The molecule has 0 fully saturated rings. The average Bonchev–Trinajstić information content (AvgIpc) is 2.81. The van der Waals surface area contributed by atoms with Crippen molar-refractivity contribution >= 4 is 15.9 Å². The van der Waals surface area contributed by atoms with E-state index in [1.165, 1.54) is 0 Å². The minimum Gasteiger partial charge on any atom is -0.494 e. The van der Waals surface area contributed by atoms with E-state index in [1.807, 2.05) is 35.9 Å². The first-order valence-corrected chi connectivity index (χ1v) is 7.66. The highest BCUT2D eigenvalue weighted by molar-refractivity contribution is 9.10. The van der Waals surface area contributed by atoms with Gasteiger partial charge in [0.1, 0.15) is 5.75 Å². The van der Waals surface area contributed by atoms with Crippen molar-refractivity contribution in [1.82, 2.24) is 9.78 Å². The van der Waals surface area contributed by atoms with Crippen molar-refractivity contribution < 1.29 is 4.74 Å². The van der Waals surface area contributed by atoms with Crippen molar-refractivity contribution in [3.63, 3.8) is 0 Å². The summed E-state index contributed by atoms with van der Waals surface area (Å²) in [6, 6.07) is 7.71. The lowest BCUT2D eigenvalue weighted by Crippen LogP contribution is -2.18. The van der Waals surface area contributed by atoms with Crippen LogP contribution in [0.5, 0.6) is 5.75 Å². The molecule has 4 nitrogen and oxygen atoms in total. The number of rotatable bonds is 6. The Hall–Kier alpha value is -1.33. The summed E-state index contributed by atoms with van der Waals surface area (Å²) in [7, 11) is 0. The predicted octanol–water partition coefficient (Wildman–Crippen LogP) is 3.50. The lowest BCUT2D eigenvalue weighted by atomic mass is 10.0. The molecule has 0 aliphatic rings. The molecule has 0 aliphatic carbocycles. The zero-order chi connectivity index (χ0) is 14.5. The van der Waals surface area contributed by atoms with Crippen LogP contribution in [0.4, 0.5) is 0 Å². The maximum absolute atomic E-state index is 6.39. The normalized spacial score (nSPS) is 12.4. The third kappa shape index (κ3) is 3.22. The molecule has 20 heavy (non-hydrogen) atoms. The summed E-state index contributed by atoms with van der Waals surface area (Å²) >= 11 is 3.54. The molecule has 0 radical (unpaired) electrons. The molecule has 5 heteroatoms. The van der Waals surface area contributed by atoms with Gasteiger partial charge in [-0.1, -0.05) is 19.1 Å². The van der Waals surface area contributed by atoms with Gasteiger partial charge in [0.25, 0.3) is 0 Å². The maximum Gasteiger partial charge on any atom is 0.119 e. The lowest BCUT2D eigenvalue weighted by Gasteiger charge is -2.16. The SMILES string of the molecule is CCCn1ncc(Br)c1C(N)c1ccc(OCC)cc1. The van der Waals surface area contributed by atoms with Crippen LogP contribution in [0.3, 0.4) is 0 Å². The smallest absolute Gasteiger partial charge is 0.119 e. The Morgan fingerprint density at radius 3 is 2.60 bits per heavy atom. The van der Waals surface area contributed by atoms with Crippen LogP contribution in [0, 0.1) is 0 Å². The molecule has 0 bridgehead atoms. The standard InChI is InChI=1S/C15H20BrN3O/c1-3-9-19-15(13(16)10-18-19)14(17)11-5-7-12(8-6-11)20-4-2/h5-8,10,14H,3-4,9,17H2,1-2H3. The molecule has 0 aliphatic heterocycles. The number of hydrogen-bond acceptors (Lipinski definition) is 3. The minimum absolute atomic E-state index is 0.200. The van der Waals surface area contributed by atoms with Gasteiger partial charge in [-0.15, -0.1) is 0 Å². The molecule has 1 aromatic heterocycles. The van der Waals surface area contributed by atoms with E-state index >= 15 is 0 Å². The van der Waals surface area contributed by atoms with Gasteiger partial charge >= 0.3 is 0 Å². The highest BCUT2D eigenvalue weighted by Crippen LogP contribution is 2.28. The molecule has 1 atom stereocenters. The van der Waals surface area contributed by atoms with Crippen molar-refractivity contribution in [3.8, 4) is 5.75 Å². The van der Waals surface area contributed by atoms with Gasteiger partial charge in [0.2, 0.25) is 0 Å². The molecule has 108 valence electrons. The van der Waals surface area contributed by atoms with Crippen molar-refractivity contribution in [2.75, 3.05) is 6.61 Å². The van der Waals surface area contributed by atoms with Gasteiger partial charge in [-0.3, -0.25) is 4.68 Å². The topological polar surface area (TPSA) is 53.1 Å². The second-order valence-electron chi connectivity index (χ2n) is 4.58. The summed E-state index contributed by atoms with van der Waals surface area (Å²) in [6.45, 7) is 5.63. The number of hydrogen-bond donors (Lipinski definition) is 1. The van der Waals surface area contributed by atoms with E-state index in [1.54, 1.807) is 6.20 Å². The molecule has 2 aromatic rings. The minimum atomic E-state index is -0.200. The molecule has 2 rings (SSSR count). The predicted molar refractivity (Wildman–Crippen MR) is 83.9 cm³/mol. The first kappa shape index (κ1) is 15.1. The number of aromatic nitrogens is 2. The first-order valence-electron chi connectivity index (χ1n) is 6.86. The van der Waals surface area contributed by atoms with Crippen molar-refractivity contribution in [2.24, 2.45) is 5.73 Å². The number of benzene rings is 1. The van der Waals surface area contributed by atoms with Crippen LogP contribution in [0.15, 0.2) is 34.9 Å². The molecule has 1 aromatic carbocycles. The zero-order valence-corrected chi connectivity index (χ0v) is 13.4. The van der Waals surface area contributed by atoms with Crippen LogP contribution >= 0.6 is 15.9 Å². The fourth-order valence-electron chi connectivity index (χ4n) is 2.17. The van der Waals surface area contributed by atoms with Gasteiger partial charge in [0, 0.05) is 6.54 Å². The summed E-state index contributed by atoms with van der Waals surface area (Å²) < 4.78 is 8.36. The van der Waals surface area contributed by atoms with E-state index < -0.39 is 0 Å². The maximum atomic E-state index is 6.39. The molecule has 2 N–H and O–H groups in total. The number of halogens is 1. The Kier molecular flexibility index (Phi) is 5.20. The van der Waals surface area contributed by atoms with Gasteiger partial charge in [0.15, 0.2) is 0 Å². The Labute approximate surface area is 128 Å². The van der Waals surface area contributed by atoms with E-state index in [-0.39, 0.29) is 6.04 Å². The van der Waals surface area contributed by atoms with E-state index in [2.05, 4.69) is 28.0 Å². The molecule has 0 saturated carbocycles. The third-order valence-electron chi connectivity index (χ3n) is 3.11. The molecular formula is C15H20BrN3O. The molecular weight excluding hydrogens is 318 g/mol. The quantitative estimate of drug-likeness (QED) is 0.877. The number of aryl methyl sites for hydroxylation is 1. The van der Waals surface area contributed by atoms with Crippen LogP contribution in [-0.4, -0.2) is 16.4 Å². The third-order valence-corrected chi connectivity index (χ3v) is 3.72. The Morgan fingerprint density at radius 2 is 2.00 bits per heavy atom. The van der Waals surface area contributed by atoms with Gasteiger partial charge in [-0.2, -0.15) is 5.10 Å². The van der Waals surface area contributed by atoms with Gasteiger partial charge in [-0.05, 0) is 47.0 Å². The second-order valence-corrected chi connectivity index (χ2v) is 5.43. The van der Waals surface area contributed by atoms with E-state index in [0.29, 0.717) is 6.61 Å². The Bertz CT molecular complexity index is 551. The number of nitrogens with two attached hydrogens (primary N) is 1. The van der Waals surface area contributed by atoms with Crippen LogP contribution in [0.2, 0.25) is 0 Å². The fraction of sp³-hybridized carbons (Fsp3) is 0.400. The highest BCUT2D eigenvalue weighted by Gasteiger charge is 2.18. The summed E-state index contributed by atoms with van der Waals surface area (Å²) in [5.74, 6) is 0.865. The van der Waals surface area contributed by atoms with Crippen molar-refractivity contribution in [1.29, 1.82) is 0 Å². The zero-order valence-electron chi connectivity index (χ0n) is 11.8. The molecule has 0 saturated heterocycles. The second kappa shape index (κ2) is 6.90. The molecule has 0 spiro atoms. The first-order chi connectivity index (χ1) is 9.67.